The third kappa shape index (κ3) is 6.90. The molecule has 0 unspecified atom stereocenters. The molecule has 0 aliphatic rings. The van der Waals surface area contributed by atoms with E-state index in [9.17, 15) is 0 Å². The second-order valence-corrected chi connectivity index (χ2v) is 9.13. The zero-order valence-electron chi connectivity index (χ0n) is 22.6. The van der Waals surface area contributed by atoms with Crippen LogP contribution in [0, 0.1) is 0 Å². The maximum absolute atomic E-state index is 5.50. The van der Waals surface area contributed by atoms with Gasteiger partial charge in [-0.25, -0.2) is 0 Å². The first-order chi connectivity index (χ1) is 18.6. The lowest BCUT2D eigenvalue weighted by atomic mass is 10.0. The van der Waals surface area contributed by atoms with Crippen molar-refractivity contribution in [3.63, 3.8) is 0 Å². The summed E-state index contributed by atoms with van der Waals surface area (Å²) in [6.45, 7) is 4.84. The molecule has 4 aromatic rings. The first-order valence-electron chi connectivity index (χ1n) is 12.8. The predicted molar refractivity (Wildman–Crippen MR) is 161 cm³/mol. The van der Waals surface area contributed by atoms with Crippen molar-refractivity contribution in [1.82, 2.24) is 0 Å². The molecule has 0 radical (unpaired) electrons. The Labute approximate surface area is 227 Å². The van der Waals surface area contributed by atoms with Gasteiger partial charge in [0.05, 0.1) is 13.7 Å². The number of hydrogen-bond acceptors (Lipinski definition) is 3. The summed E-state index contributed by atoms with van der Waals surface area (Å²) < 4.78 is 10.8. The molecule has 0 N–H and O–H groups in total. The normalized spacial score (nSPS) is 12.4. The van der Waals surface area contributed by atoms with E-state index >= 15 is 0 Å². The van der Waals surface area contributed by atoms with Crippen molar-refractivity contribution in [2.24, 2.45) is 0 Å². The van der Waals surface area contributed by atoms with Crippen LogP contribution in [-0.4, -0.2) is 20.8 Å². The largest absolute Gasteiger partial charge is 0.497 e. The van der Waals surface area contributed by atoms with Crippen molar-refractivity contribution in [3.05, 3.63) is 144 Å². The van der Waals surface area contributed by atoms with Crippen molar-refractivity contribution in [2.45, 2.75) is 13.8 Å². The molecule has 0 saturated carbocycles. The number of hydrogen-bond donors (Lipinski definition) is 0. The van der Waals surface area contributed by atoms with Crippen molar-refractivity contribution in [1.29, 1.82) is 0 Å². The van der Waals surface area contributed by atoms with Crippen LogP contribution in [0.2, 0.25) is 0 Å². The van der Waals surface area contributed by atoms with Crippen LogP contribution in [0.25, 0.3) is 11.6 Å². The van der Waals surface area contributed by atoms with E-state index in [1.807, 2.05) is 36.4 Å². The van der Waals surface area contributed by atoms with Gasteiger partial charge in [0.25, 0.3) is 0 Å². The summed E-state index contributed by atoms with van der Waals surface area (Å²) in [6.07, 6.45) is 6.47. The third-order valence-electron chi connectivity index (χ3n) is 6.44. The van der Waals surface area contributed by atoms with Crippen LogP contribution in [-0.2, 0) is 4.74 Å². The Kier molecular flexibility index (Phi) is 9.33. The molecule has 0 amide bonds. The summed E-state index contributed by atoms with van der Waals surface area (Å²) in [6, 6.07) is 37.7. The SMILES string of the molecule is COCC(C=Cc1ccc(OC)cc1)=C(C)C=C(C)c1ccc(N(c2ccccc2)c2ccccc2)cc1. The Morgan fingerprint density at radius 1 is 0.684 bits per heavy atom. The van der Waals surface area contributed by atoms with Crippen LogP contribution in [0.15, 0.2) is 132 Å². The van der Waals surface area contributed by atoms with Crippen LogP contribution in [0.1, 0.15) is 25.0 Å². The van der Waals surface area contributed by atoms with Crippen LogP contribution in [0.5, 0.6) is 5.75 Å². The highest BCUT2D eigenvalue weighted by Crippen LogP contribution is 2.34. The van der Waals surface area contributed by atoms with E-state index in [1.54, 1.807) is 14.2 Å². The number of rotatable bonds is 10. The smallest absolute Gasteiger partial charge is 0.118 e. The van der Waals surface area contributed by atoms with E-state index in [0.717, 1.165) is 33.9 Å². The third-order valence-corrected chi connectivity index (χ3v) is 6.44. The van der Waals surface area contributed by atoms with Crippen molar-refractivity contribution in [3.8, 4) is 5.75 Å². The lowest BCUT2D eigenvalue weighted by Crippen LogP contribution is -2.09. The summed E-state index contributed by atoms with van der Waals surface area (Å²) in [5.74, 6) is 0.853. The Hall–Kier alpha value is -4.34. The molecular weight excluding hydrogens is 466 g/mol. The maximum atomic E-state index is 5.50. The van der Waals surface area contributed by atoms with Crippen LogP contribution in [0.4, 0.5) is 17.1 Å². The van der Waals surface area contributed by atoms with Crippen molar-refractivity contribution in [2.75, 3.05) is 25.7 Å². The molecule has 4 rings (SSSR count). The molecule has 3 nitrogen and oxygen atoms in total. The molecule has 0 heterocycles. The second-order valence-electron chi connectivity index (χ2n) is 9.13. The summed E-state index contributed by atoms with van der Waals surface area (Å²) in [5.41, 5.74) is 9.19. The summed E-state index contributed by atoms with van der Waals surface area (Å²) in [5, 5.41) is 0. The van der Waals surface area contributed by atoms with E-state index in [2.05, 4.69) is 110 Å². The number of anilines is 3. The summed E-state index contributed by atoms with van der Waals surface area (Å²) in [4.78, 5) is 2.27. The molecule has 192 valence electrons. The van der Waals surface area contributed by atoms with Gasteiger partial charge in [0.2, 0.25) is 0 Å². The Morgan fingerprint density at radius 2 is 1.24 bits per heavy atom. The lowest BCUT2D eigenvalue weighted by Gasteiger charge is -2.25. The molecule has 0 aliphatic carbocycles. The first-order valence-corrected chi connectivity index (χ1v) is 12.8. The molecule has 0 fully saturated rings. The van der Waals surface area contributed by atoms with E-state index in [4.69, 9.17) is 9.47 Å². The maximum Gasteiger partial charge on any atom is 0.118 e. The van der Waals surface area contributed by atoms with Gasteiger partial charge in [0.15, 0.2) is 0 Å². The molecule has 0 aromatic heterocycles. The average molecular weight is 502 g/mol. The van der Waals surface area contributed by atoms with E-state index < -0.39 is 0 Å². The molecule has 0 atom stereocenters. The molecule has 0 spiro atoms. The van der Waals surface area contributed by atoms with Gasteiger partial charge in [-0.2, -0.15) is 0 Å². The summed E-state index contributed by atoms with van der Waals surface area (Å²) in [7, 11) is 3.41. The van der Waals surface area contributed by atoms with Gasteiger partial charge >= 0.3 is 0 Å². The van der Waals surface area contributed by atoms with Crippen molar-refractivity contribution >= 4 is 28.7 Å². The Bertz CT molecular complexity index is 1340. The highest BCUT2D eigenvalue weighted by Gasteiger charge is 2.12. The fourth-order valence-electron chi connectivity index (χ4n) is 4.34. The van der Waals surface area contributed by atoms with E-state index in [0.29, 0.717) is 6.61 Å². The number of benzene rings is 4. The zero-order chi connectivity index (χ0) is 26.7. The van der Waals surface area contributed by atoms with Gasteiger partial charge in [0, 0.05) is 24.2 Å². The monoisotopic (exact) mass is 501 g/mol. The highest BCUT2D eigenvalue weighted by molar-refractivity contribution is 5.78. The summed E-state index contributed by atoms with van der Waals surface area (Å²) >= 11 is 0. The molecular formula is C35H35NO2. The molecule has 0 saturated heterocycles. The number of nitrogens with zero attached hydrogens (tertiary/aromatic N) is 1. The zero-order valence-corrected chi connectivity index (χ0v) is 22.6. The molecule has 0 bridgehead atoms. The van der Waals surface area contributed by atoms with Crippen LogP contribution >= 0.6 is 0 Å². The Morgan fingerprint density at radius 3 is 1.76 bits per heavy atom. The molecule has 38 heavy (non-hydrogen) atoms. The fraction of sp³-hybridized carbons (Fsp3) is 0.143. The van der Waals surface area contributed by atoms with Crippen LogP contribution in [0.3, 0.4) is 0 Å². The number of ether oxygens (including phenoxy) is 2. The van der Waals surface area contributed by atoms with Gasteiger partial charge in [-0.05, 0) is 90.2 Å². The van der Waals surface area contributed by atoms with Crippen LogP contribution < -0.4 is 9.64 Å². The van der Waals surface area contributed by atoms with E-state index in [1.165, 1.54) is 16.7 Å². The average Bonchev–Trinajstić information content (AvgIpc) is 2.97. The minimum Gasteiger partial charge on any atom is -0.497 e. The quantitative estimate of drug-likeness (QED) is 0.202. The van der Waals surface area contributed by atoms with E-state index in [-0.39, 0.29) is 0 Å². The molecule has 4 aromatic carbocycles. The van der Waals surface area contributed by atoms with Gasteiger partial charge in [-0.15, -0.1) is 0 Å². The standard InChI is InChI=1S/C35H35NO2/c1-27(25-28(2)31(26-37-3)18-15-29-16-23-35(38-4)24-17-29)30-19-21-34(22-20-30)36(32-11-7-5-8-12-32)33-13-9-6-10-14-33/h5-25H,26H2,1-4H3. The number of allylic oxidation sites excluding steroid dienone is 3. The number of para-hydroxylation sites is 2. The number of methoxy groups -OCH3 is 2. The van der Waals surface area contributed by atoms with Gasteiger partial charge in [-0.3, -0.25) is 0 Å². The minimum absolute atomic E-state index is 0.546. The second kappa shape index (κ2) is 13.3. The Balaban J connectivity index is 1.59. The predicted octanol–water partition coefficient (Wildman–Crippen LogP) is 9.24. The molecule has 3 heteroatoms. The first kappa shape index (κ1) is 26.7. The van der Waals surface area contributed by atoms with Gasteiger partial charge in [0.1, 0.15) is 5.75 Å². The van der Waals surface area contributed by atoms with Gasteiger partial charge < -0.3 is 14.4 Å². The lowest BCUT2D eigenvalue weighted by molar-refractivity contribution is 0.228. The highest BCUT2D eigenvalue weighted by atomic mass is 16.5. The minimum atomic E-state index is 0.546. The molecule has 0 aliphatic heterocycles. The topological polar surface area (TPSA) is 21.7 Å². The van der Waals surface area contributed by atoms with Gasteiger partial charge in [-0.1, -0.05) is 78.9 Å². The fourth-order valence-corrected chi connectivity index (χ4v) is 4.34. The van der Waals surface area contributed by atoms with Crippen molar-refractivity contribution < 1.29 is 9.47 Å².